The van der Waals surface area contributed by atoms with Gasteiger partial charge in [-0.05, 0) is 24.6 Å². The lowest BCUT2D eigenvalue weighted by atomic mass is 10.2. The second-order valence-electron chi connectivity index (χ2n) is 4.37. The molecule has 1 aromatic rings. The molecule has 1 aliphatic heterocycles. The Hall–Kier alpha value is -0.420. The molecule has 4 heteroatoms. The van der Waals surface area contributed by atoms with Crippen LogP contribution in [0.15, 0.2) is 28.7 Å². The largest absolute Gasteiger partial charge is 0.374 e. The van der Waals surface area contributed by atoms with Crippen molar-refractivity contribution in [2.45, 2.75) is 25.7 Å². The molecule has 1 aromatic carbocycles. The van der Waals surface area contributed by atoms with Gasteiger partial charge in [-0.15, -0.1) is 0 Å². The Labute approximate surface area is 111 Å². The van der Waals surface area contributed by atoms with E-state index in [9.17, 15) is 0 Å². The fraction of sp³-hybridized carbons (Fsp3) is 0.538. The summed E-state index contributed by atoms with van der Waals surface area (Å²) in [6.07, 6.45) is 0.458. The molecule has 1 aliphatic rings. The second-order valence-corrected chi connectivity index (χ2v) is 5.28. The average molecular weight is 300 g/mol. The van der Waals surface area contributed by atoms with Gasteiger partial charge in [0, 0.05) is 17.6 Å². The third-order valence-corrected chi connectivity index (χ3v) is 3.24. The van der Waals surface area contributed by atoms with Crippen molar-refractivity contribution in [3.8, 4) is 0 Å². The van der Waals surface area contributed by atoms with Crippen molar-refractivity contribution in [2.24, 2.45) is 0 Å². The van der Waals surface area contributed by atoms with Crippen molar-refractivity contribution in [3.63, 3.8) is 0 Å². The summed E-state index contributed by atoms with van der Waals surface area (Å²) in [5.41, 5.74) is 1.19. The van der Waals surface area contributed by atoms with Gasteiger partial charge in [-0.2, -0.15) is 0 Å². The molecular formula is C13H18BrNO2. The molecule has 1 saturated heterocycles. The number of halogens is 1. The molecule has 1 fully saturated rings. The highest BCUT2D eigenvalue weighted by Gasteiger charge is 2.18. The molecule has 1 N–H and O–H groups in total. The molecule has 2 atom stereocenters. The molecule has 0 radical (unpaired) electrons. The Morgan fingerprint density at radius 2 is 2.12 bits per heavy atom. The lowest BCUT2D eigenvalue weighted by Crippen LogP contribution is -2.45. The van der Waals surface area contributed by atoms with E-state index in [0.717, 1.165) is 17.6 Å². The van der Waals surface area contributed by atoms with Gasteiger partial charge in [0.05, 0.1) is 25.4 Å². The molecule has 2 unspecified atom stereocenters. The maximum atomic E-state index is 5.75. The third kappa shape index (κ3) is 4.39. The van der Waals surface area contributed by atoms with E-state index in [-0.39, 0.29) is 12.2 Å². The van der Waals surface area contributed by atoms with Crippen LogP contribution >= 0.6 is 15.9 Å². The summed E-state index contributed by atoms with van der Waals surface area (Å²) in [5.74, 6) is 0. The summed E-state index contributed by atoms with van der Waals surface area (Å²) < 4.78 is 12.5. The molecule has 94 valence electrons. The molecule has 0 aliphatic carbocycles. The van der Waals surface area contributed by atoms with E-state index < -0.39 is 0 Å². The summed E-state index contributed by atoms with van der Waals surface area (Å²) in [6, 6.07) is 8.18. The van der Waals surface area contributed by atoms with E-state index in [1.165, 1.54) is 5.56 Å². The zero-order valence-electron chi connectivity index (χ0n) is 9.99. The number of rotatable bonds is 4. The number of ether oxygens (including phenoxy) is 2. The molecule has 0 aromatic heterocycles. The highest BCUT2D eigenvalue weighted by Crippen LogP contribution is 2.11. The monoisotopic (exact) mass is 299 g/mol. The quantitative estimate of drug-likeness (QED) is 0.926. The number of morpholine rings is 1. The topological polar surface area (TPSA) is 30.5 Å². The minimum Gasteiger partial charge on any atom is -0.374 e. The smallest absolute Gasteiger partial charge is 0.0936 e. The lowest BCUT2D eigenvalue weighted by molar-refractivity contribution is -0.0716. The maximum absolute atomic E-state index is 5.75. The van der Waals surface area contributed by atoms with E-state index in [2.05, 4.69) is 40.3 Å². The third-order valence-electron chi connectivity index (χ3n) is 2.71. The van der Waals surface area contributed by atoms with Crippen LogP contribution in [-0.4, -0.2) is 31.9 Å². The average Bonchev–Trinajstić information content (AvgIpc) is 2.32. The number of hydrogen-bond donors (Lipinski definition) is 1. The maximum Gasteiger partial charge on any atom is 0.0936 e. The van der Waals surface area contributed by atoms with Crippen LogP contribution in [0, 0.1) is 0 Å². The number of nitrogens with one attached hydrogen (secondary N) is 1. The zero-order valence-corrected chi connectivity index (χ0v) is 11.6. The van der Waals surface area contributed by atoms with E-state index in [1.54, 1.807) is 0 Å². The molecule has 0 bridgehead atoms. The van der Waals surface area contributed by atoms with Crippen LogP contribution in [0.25, 0.3) is 0 Å². The fourth-order valence-electron chi connectivity index (χ4n) is 1.86. The van der Waals surface area contributed by atoms with Crippen LogP contribution < -0.4 is 5.32 Å². The van der Waals surface area contributed by atoms with E-state index in [0.29, 0.717) is 13.2 Å². The van der Waals surface area contributed by atoms with Crippen molar-refractivity contribution in [1.82, 2.24) is 5.32 Å². The SMILES string of the molecule is CC1CNCC(COCc2ccc(Br)cc2)O1. The zero-order chi connectivity index (χ0) is 12.1. The molecular weight excluding hydrogens is 282 g/mol. The first kappa shape index (κ1) is 13.0. The van der Waals surface area contributed by atoms with Crippen LogP contribution in [0.4, 0.5) is 0 Å². The van der Waals surface area contributed by atoms with E-state index >= 15 is 0 Å². The number of hydrogen-bond acceptors (Lipinski definition) is 3. The summed E-state index contributed by atoms with van der Waals surface area (Å²) in [5, 5.41) is 3.33. The molecule has 2 rings (SSSR count). The van der Waals surface area contributed by atoms with Crippen LogP contribution in [0.5, 0.6) is 0 Å². The highest BCUT2D eigenvalue weighted by atomic mass is 79.9. The summed E-state index contributed by atoms with van der Waals surface area (Å²) >= 11 is 3.41. The van der Waals surface area contributed by atoms with Crippen LogP contribution in [0.1, 0.15) is 12.5 Å². The Morgan fingerprint density at radius 3 is 2.82 bits per heavy atom. The second kappa shape index (κ2) is 6.50. The van der Waals surface area contributed by atoms with Gasteiger partial charge in [0.15, 0.2) is 0 Å². The standard InChI is InChI=1S/C13H18BrNO2/c1-10-6-15-7-13(17-10)9-16-8-11-2-4-12(14)5-3-11/h2-5,10,13,15H,6-9H2,1H3. The van der Waals surface area contributed by atoms with E-state index in [1.807, 2.05) is 12.1 Å². The van der Waals surface area contributed by atoms with Crippen molar-refractivity contribution >= 4 is 15.9 Å². The highest BCUT2D eigenvalue weighted by molar-refractivity contribution is 9.10. The Bertz CT molecular complexity index is 342. The van der Waals surface area contributed by atoms with Gasteiger partial charge in [-0.1, -0.05) is 28.1 Å². The van der Waals surface area contributed by atoms with Gasteiger partial charge < -0.3 is 14.8 Å². The minimum absolute atomic E-state index is 0.175. The van der Waals surface area contributed by atoms with Gasteiger partial charge in [-0.3, -0.25) is 0 Å². The summed E-state index contributed by atoms with van der Waals surface area (Å²) in [6.45, 7) is 5.18. The predicted molar refractivity (Wildman–Crippen MR) is 71.0 cm³/mol. The van der Waals surface area contributed by atoms with Gasteiger partial charge in [0.2, 0.25) is 0 Å². The molecule has 3 nitrogen and oxygen atoms in total. The first-order chi connectivity index (χ1) is 8.24. The predicted octanol–water partition coefficient (Wildman–Crippen LogP) is 2.34. The van der Waals surface area contributed by atoms with Gasteiger partial charge in [-0.25, -0.2) is 0 Å². The first-order valence-electron chi connectivity index (χ1n) is 5.92. The van der Waals surface area contributed by atoms with Gasteiger partial charge in [0.1, 0.15) is 0 Å². The van der Waals surface area contributed by atoms with Crippen molar-refractivity contribution < 1.29 is 9.47 Å². The van der Waals surface area contributed by atoms with E-state index in [4.69, 9.17) is 9.47 Å². The first-order valence-corrected chi connectivity index (χ1v) is 6.71. The molecule has 1 heterocycles. The molecule has 0 amide bonds. The lowest BCUT2D eigenvalue weighted by Gasteiger charge is -2.28. The van der Waals surface area contributed by atoms with Crippen LogP contribution in [0.3, 0.4) is 0 Å². The molecule has 0 spiro atoms. The fourth-order valence-corrected chi connectivity index (χ4v) is 2.12. The van der Waals surface area contributed by atoms with Crippen LogP contribution in [-0.2, 0) is 16.1 Å². The van der Waals surface area contributed by atoms with Gasteiger partial charge in [0.25, 0.3) is 0 Å². The summed E-state index contributed by atoms with van der Waals surface area (Å²) in [4.78, 5) is 0. The molecule has 0 saturated carbocycles. The molecule has 17 heavy (non-hydrogen) atoms. The normalized spacial score (nSPS) is 24.8. The Morgan fingerprint density at radius 1 is 1.35 bits per heavy atom. The van der Waals surface area contributed by atoms with Gasteiger partial charge >= 0.3 is 0 Å². The van der Waals surface area contributed by atoms with Crippen molar-refractivity contribution in [2.75, 3.05) is 19.7 Å². The van der Waals surface area contributed by atoms with Crippen molar-refractivity contribution in [1.29, 1.82) is 0 Å². The van der Waals surface area contributed by atoms with Crippen molar-refractivity contribution in [3.05, 3.63) is 34.3 Å². The Balaban J connectivity index is 1.70. The summed E-state index contributed by atoms with van der Waals surface area (Å²) in [7, 11) is 0. The number of benzene rings is 1. The Kier molecular flexibility index (Phi) is 4.98. The minimum atomic E-state index is 0.175. The van der Waals surface area contributed by atoms with Crippen LogP contribution in [0.2, 0.25) is 0 Å².